The summed E-state index contributed by atoms with van der Waals surface area (Å²) in [6, 6.07) is 11.2. The number of aromatic nitrogens is 2. The van der Waals surface area contributed by atoms with Gasteiger partial charge in [-0.25, -0.2) is 4.52 Å². The van der Waals surface area contributed by atoms with Crippen molar-refractivity contribution < 1.29 is 9.21 Å². The van der Waals surface area contributed by atoms with Gasteiger partial charge < -0.3 is 9.73 Å². The maximum Gasteiger partial charge on any atom is 0.272 e. The molecule has 0 aliphatic rings. The fourth-order valence-corrected chi connectivity index (χ4v) is 2.13. The van der Waals surface area contributed by atoms with E-state index in [1.54, 1.807) is 16.8 Å². The molecule has 1 unspecified atom stereocenters. The molecule has 1 atom stereocenters. The highest BCUT2D eigenvalue weighted by Gasteiger charge is 2.14. The SMILES string of the molecule is CC(Cc1ccco1)NC(=O)c1cc2ccccn2n1. The second kappa shape index (κ2) is 5.21. The fourth-order valence-electron chi connectivity index (χ4n) is 2.13. The van der Waals surface area contributed by atoms with Crippen LogP contribution in [0.2, 0.25) is 0 Å². The van der Waals surface area contributed by atoms with Gasteiger partial charge in [-0.1, -0.05) is 6.07 Å². The molecule has 0 radical (unpaired) electrons. The van der Waals surface area contributed by atoms with Gasteiger partial charge in [0.2, 0.25) is 0 Å². The summed E-state index contributed by atoms with van der Waals surface area (Å²) < 4.78 is 6.96. The molecule has 0 aromatic carbocycles. The molecule has 1 N–H and O–H groups in total. The largest absolute Gasteiger partial charge is 0.469 e. The van der Waals surface area contributed by atoms with E-state index in [9.17, 15) is 4.79 Å². The predicted molar refractivity (Wildman–Crippen MR) is 74.5 cm³/mol. The summed E-state index contributed by atoms with van der Waals surface area (Å²) >= 11 is 0. The Morgan fingerprint density at radius 1 is 1.40 bits per heavy atom. The summed E-state index contributed by atoms with van der Waals surface area (Å²) in [6.07, 6.45) is 4.11. The van der Waals surface area contributed by atoms with Crippen LogP contribution in [0.25, 0.3) is 5.52 Å². The molecule has 3 heterocycles. The van der Waals surface area contributed by atoms with E-state index >= 15 is 0 Å². The lowest BCUT2D eigenvalue weighted by atomic mass is 10.2. The van der Waals surface area contributed by atoms with Gasteiger partial charge >= 0.3 is 0 Å². The van der Waals surface area contributed by atoms with E-state index in [1.165, 1.54) is 0 Å². The van der Waals surface area contributed by atoms with E-state index in [4.69, 9.17) is 4.42 Å². The Bertz CT molecular complexity index is 683. The van der Waals surface area contributed by atoms with Crippen molar-refractivity contribution in [1.82, 2.24) is 14.9 Å². The zero-order valence-electron chi connectivity index (χ0n) is 11.1. The van der Waals surface area contributed by atoms with Crippen molar-refractivity contribution in [1.29, 1.82) is 0 Å². The van der Waals surface area contributed by atoms with Crippen molar-refractivity contribution in [2.75, 3.05) is 0 Å². The zero-order valence-corrected chi connectivity index (χ0v) is 11.1. The lowest BCUT2D eigenvalue weighted by molar-refractivity contribution is 0.0934. The van der Waals surface area contributed by atoms with Crippen LogP contribution in [-0.4, -0.2) is 21.6 Å². The van der Waals surface area contributed by atoms with E-state index in [-0.39, 0.29) is 11.9 Å². The number of rotatable bonds is 4. The lowest BCUT2D eigenvalue weighted by Gasteiger charge is -2.10. The fraction of sp³-hybridized carbons (Fsp3) is 0.200. The first kappa shape index (κ1) is 12.5. The van der Waals surface area contributed by atoms with Crippen LogP contribution >= 0.6 is 0 Å². The van der Waals surface area contributed by atoms with E-state index in [0.29, 0.717) is 12.1 Å². The van der Waals surface area contributed by atoms with Gasteiger partial charge in [-0.05, 0) is 37.3 Å². The molecule has 5 heteroatoms. The molecular formula is C15H15N3O2. The summed E-state index contributed by atoms with van der Waals surface area (Å²) in [6.45, 7) is 1.94. The molecule has 1 amide bonds. The first-order valence-corrected chi connectivity index (χ1v) is 6.50. The summed E-state index contributed by atoms with van der Waals surface area (Å²) in [7, 11) is 0. The molecule has 3 aromatic rings. The Kier molecular flexibility index (Phi) is 3.25. The van der Waals surface area contributed by atoms with Gasteiger partial charge in [-0.3, -0.25) is 4.79 Å². The Balaban J connectivity index is 1.69. The number of pyridine rings is 1. The van der Waals surface area contributed by atoms with Gasteiger partial charge in [0, 0.05) is 18.7 Å². The van der Waals surface area contributed by atoms with Crippen LogP contribution in [0.15, 0.2) is 53.3 Å². The number of amides is 1. The molecule has 0 saturated carbocycles. The third-order valence-electron chi connectivity index (χ3n) is 3.07. The van der Waals surface area contributed by atoms with Crippen LogP contribution in [0.5, 0.6) is 0 Å². The van der Waals surface area contributed by atoms with Crippen molar-refractivity contribution in [3.05, 3.63) is 60.3 Å². The van der Waals surface area contributed by atoms with E-state index in [2.05, 4.69) is 10.4 Å². The van der Waals surface area contributed by atoms with Gasteiger partial charge in [-0.15, -0.1) is 0 Å². The third kappa shape index (κ3) is 2.56. The third-order valence-corrected chi connectivity index (χ3v) is 3.07. The summed E-state index contributed by atoms with van der Waals surface area (Å²) in [5.74, 6) is 0.681. The molecule has 3 rings (SSSR count). The lowest BCUT2D eigenvalue weighted by Crippen LogP contribution is -2.34. The maximum atomic E-state index is 12.1. The number of carbonyl (C=O) groups excluding carboxylic acids is 1. The highest BCUT2D eigenvalue weighted by Crippen LogP contribution is 2.07. The molecule has 0 bridgehead atoms. The Hall–Kier alpha value is -2.56. The Morgan fingerprint density at radius 3 is 3.05 bits per heavy atom. The molecule has 0 saturated heterocycles. The average molecular weight is 269 g/mol. The molecule has 0 aliphatic heterocycles. The van der Waals surface area contributed by atoms with Crippen molar-refractivity contribution in [3.8, 4) is 0 Å². The van der Waals surface area contributed by atoms with Crippen molar-refractivity contribution in [2.24, 2.45) is 0 Å². The highest BCUT2D eigenvalue weighted by molar-refractivity contribution is 5.93. The van der Waals surface area contributed by atoms with Crippen LogP contribution in [0.4, 0.5) is 0 Å². The van der Waals surface area contributed by atoms with Crippen LogP contribution in [0.1, 0.15) is 23.2 Å². The zero-order chi connectivity index (χ0) is 13.9. The van der Waals surface area contributed by atoms with E-state index < -0.39 is 0 Å². The number of hydrogen-bond acceptors (Lipinski definition) is 3. The molecule has 0 spiro atoms. The maximum absolute atomic E-state index is 12.1. The second-order valence-electron chi connectivity index (χ2n) is 4.76. The van der Waals surface area contributed by atoms with E-state index in [1.807, 2.05) is 43.5 Å². The van der Waals surface area contributed by atoms with Gasteiger partial charge in [-0.2, -0.15) is 5.10 Å². The number of hydrogen-bond donors (Lipinski definition) is 1. The number of nitrogens with one attached hydrogen (secondary N) is 1. The van der Waals surface area contributed by atoms with Gasteiger partial charge in [0.05, 0.1) is 11.8 Å². The van der Waals surface area contributed by atoms with Gasteiger partial charge in [0.15, 0.2) is 5.69 Å². The monoisotopic (exact) mass is 269 g/mol. The number of nitrogens with zero attached hydrogens (tertiary/aromatic N) is 2. The minimum absolute atomic E-state index is 0.0153. The Labute approximate surface area is 116 Å². The van der Waals surface area contributed by atoms with Gasteiger partial charge in [0.25, 0.3) is 5.91 Å². The Morgan fingerprint density at radius 2 is 2.30 bits per heavy atom. The first-order valence-electron chi connectivity index (χ1n) is 6.50. The minimum Gasteiger partial charge on any atom is -0.469 e. The smallest absolute Gasteiger partial charge is 0.272 e. The second-order valence-corrected chi connectivity index (χ2v) is 4.76. The predicted octanol–water partition coefficient (Wildman–Crippen LogP) is 2.29. The van der Waals surface area contributed by atoms with Crippen molar-refractivity contribution in [3.63, 3.8) is 0 Å². The van der Waals surface area contributed by atoms with Crippen LogP contribution in [0, 0.1) is 0 Å². The highest BCUT2D eigenvalue weighted by atomic mass is 16.3. The molecule has 5 nitrogen and oxygen atoms in total. The van der Waals surface area contributed by atoms with Crippen LogP contribution < -0.4 is 5.32 Å². The normalized spacial score (nSPS) is 12.4. The van der Waals surface area contributed by atoms with Crippen molar-refractivity contribution >= 4 is 11.4 Å². The van der Waals surface area contributed by atoms with Crippen molar-refractivity contribution in [2.45, 2.75) is 19.4 Å². The summed E-state index contributed by atoms with van der Waals surface area (Å²) in [5.41, 5.74) is 1.32. The minimum atomic E-state index is -0.173. The summed E-state index contributed by atoms with van der Waals surface area (Å²) in [5, 5.41) is 7.16. The molecule has 20 heavy (non-hydrogen) atoms. The van der Waals surface area contributed by atoms with Crippen LogP contribution in [0.3, 0.4) is 0 Å². The molecule has 0 fully saturated rings. The van der Waals surface area contributed by atoms with Gasteiger partial charge in [0.1, 0.15) is 5.76 Å². The van der Waals surface area contributed by atoms with E-state index in [0.717, 1.165) is 11.3 Å². The number of carbonyl (C=O) groups is 1. The molecule has 3 aromatic heterocycles. The first-order chi connectivity index (χ1) is 9.72. The molecule has 102 valence electrons. The average Bonchev–Trinajstić information content (AvgIpc) is 3.06. The number of fused-ring (bicyclic) bond motifs is 1. The van der Waals surface area contributed by atoms with Crippen LogP contribution in [-0.2, 0) is 6.42 Å². The molecule has 0 aliphatic carbocycles. The quantitative estimate of drug-likeness (QED) is 0.790. The number of furan rings is 1. The summed E-state index contributed by atoms with van der Waals surface area (Å²) in [4.78, 5) is 12.1. The molecular weight excluding hydrogens is 254 g/mol. The standard InChI is InChI=1S/C15H15N3O2/c1-11(9-13-6-4-8-20-13)16-15(19)14-10-12-5-2-3-7-18(12)17-14/h2-8,10-11H,9H2,1H3,(H,16,19). The topological polar surface area (TPSA) is 59.5 Å².